The highest BCUT2D eigenvalue weighted by Crippen LogP contribution is 2.26. The summed E-state index contributed by atoms with van der Waals surface area (Å²) in [5.74, 6) is 0.662. The number of fused-ring (bicyclic) bond motifs is 3. The molecule has 3 aromatic heterocycles. The van der Waals surface area contributed by atoms with Gasteiger partial charge in [0.25, 0.3) is 5.56 Å². The van der Waals surface area contributed by atoms with Crippen LogP contribution in [-0.2, 0) is 24.8 Å². The van der Waals surface area contributed by atoms with Crippen LogP contribution in [-0.4, -0.2) is 26.3 Å². The lowest BCUT2D eigenvalue weighted by Crippen LogP contribution is -2.36. The van der Waals surface area contributed by atoms with Crippen LogP contribution in [0.3, 0.4) is 0 Å². The average molecular weight is 364 g/mol. The Morgan fingerprint density at radius 1 is 1.22 bits per heavy atom. The largest absolute Gasteiger partial charge is 0.469 e. The Labute approximate surface area is 155 Å². The maximum absolute atomic E-state index is 12.7. The first kappa shape index (κ1) is 17.1. The minimum atomic E-state index is -0.222. The van der Waals surface area contributed by atoms with Crippen LogP contribution < -0.4 is 10.9 Å². The minimum Gasteiger partial charge on any atom is -0.469 e. The summed E-state index contributed by atoms with van der Waals surface area (Å²) in [6.07, 6.45) is 3.90. The number of para-hydroxylation sites is 1. The van der Waals surface area contributed by atoms with Crippen LogP contribution in [0.25, 0.3) is 21.8 Å². The molecule has 7 nitrogen and oxygen atoms in total. The van der Waals surface area contributed by atoms with E-state index in [2.05, 4.69) is 10.4 Å². The van der Waals surface area contributed by atoms with Gasteiger partial charge in [0.1, 0.15) is 17.8 Å². The maximum Gasteiger partial charge on any atom is 0.291 e. The smallest absolute Gasteiger partial charge is 0.291 e. The molecule has 0 aliphatic rings. The number of nitrogens with one attached hydrogen (secondary N) is 1. The second-order valence-corrected chi connectivity index (χ2v) is 6.69. The Bertz CT molecular complexity index is 1170. The first-order valence-corrected chi connectivity index (χ1v) is 8.79. The van der Waals surface area contributed by atoms with Gasteiger partial charge in [-0.1, -0.05) is 18.2 Å². The number of hydrogen-bond acceptors (Lipinski definition) is 4. The Hall–Kier alpha value is -3.35. The van der Waals surface area contributed by atoms with E-state index < -0.39 is 0 Å². The number of furan rings is 1. The first-order valence-electron chi connectivity index (χ1n) is 8.79. The standard InChI is InChI=1S/C20H20N4O3/c1-13(10-14-6-5-9-27-14)22-18(25)12-24-17-8-4-3-7-15(17)16-11-21-23(2)20(26)19(16)24/h3-9,11,13H,10,12H2,1-2H3,(H,22,25)/t13-/m1/s1. The van der Waals surface area contributed by atoms with Gasteiger partial charge in [-0.2, -0.15) is 5.10 Å². The van der Waals surface area contributed by atoms with Crippen molar-refractivity contribution in [3.05, 3.63) is 65.0 Å². The van der Waals surface area contributed by atoms with Crippen molar-refractivity contribution in [3.63, 3.8) is 0 Å². The fraction of sp³-hybridized carbons (Fsp3) is 0.250. The number of aromatic nitrogens is 3. The zero-order valence-electron chi connectivity index (χ0n) is 15.2. The van der Waals surface area contributed by atoms with Crippen LogP contribution >= 0.6 is 0 Å². The monoisotopic (exact) mass is 364 g/mol. The molecule has 0 fully saturated rings. The third-order valence-electron chi connectivity index (χ3n) is 4.66. The second kappa shape index (κ2) is 6.75. The van der Waals surface area contributed by atoms with Crippen LogP contribution in [0.2, 0.25) is 0 Å². The molecule has 27 heavy (non-hydrogen) atoms. The van der Waals surface area contributed by atoms with Gasteiger partial charge >= 0.3 is 0 Å². The minimum absolute atomic E-state index is 0.0613. The van der Waals surface area contributed by atoms with Crippen LogP contribution in [0.1, 0.15) is 12.7 Å². The van der Waals surface area contributed by atoms with Crippen molar-refractivity contribution < 1.29 is 9.21 Å². The van der Waals surface area contributed by atoms with E-state index in [-0.39, 0.29) is 24.1 Å². The van der Waals surface area contributed by atoms with Gasteiger partial charge in [0.2, 0.25) is 5.91 Å². The molecular formula is C20H20N4O3. The van der Waals surface area contributed by atoms with Crippen molar-refractivity contribution >= 4 is 27.7 Å². The van der Waals surface area contributed by atoms with Crippen molar-refractivity contribution in [3.8, 4) is 0 Å². The molecule has 1 amide bonds. The highest BCUT2D eigenvalue weighted by Gasteiger charge is 2.18. The summed E-state index contributed by atoms with van der Waals surface area (Å²) in [6.45, 7) is 1.99. The number of carbonyl (C=O) groups is 1. The van der Waals surface area contributed by atoms with Gasteiger partial charge in [0.05, 0.1) is 12.5 Å². The van der Waals surface area contributed by atoms with Gasteiger partial charge < -0.3 is 14.3 Å². The van der Waals surface area contributed by atoms with Gasteiger partial charge in [-0.05, 0) is 25.1 Å². The summed E-state index contributed by atoms with van der Waals surface area (Å²) in [4.78, 5) is 25.3. The molecular weight excluding hydrogens is 344 g/mol. The lowest BCUT2D eigenvalue weighted by atomic mass is 10.2. The number of rotatable bonds is 5. The molecule has 0 aliphatic carbocycles. The van der Waals surface area contributed by atoms with Crippen LogP contribution in [0.5, 0.6) is 0 Å². The summed E-state index contributed by atoms with van der Waals surface area (Å²) in [5.41, 5.74) is 1.11. The Kier molecular flexibility index (Phi) is 4.27. The molecule has 1 atom stereocenters. The van der Waals surface area contributed by atoms with Gasteiger partial charge in [0.15, 0.2) is 0 Å². The Morgan fingerprint density at radius 2 is 2.04 bits per heavy atom. The highest BCUT2D eigenvalue weighted by molar-refractivity contribution is 6.07. The number of hydrogen-bond donors (Lipinski definition) is 1. The number of benzene rings is 1. The lowest BCUT2D eigenvalue weighted by Gasteiger charge is -2.14. The lowest BCUT2D eigenvalue weighted by molar-refractivity contribution is -0.122. The van der Waals surface area contributed by atoms with Crippen molar-refractivity contribution in [1.29, 1.82) is 0 Å². The predicted molar refractivity (Wildman–Crippen MR) is 102 cm³/mol. The van der Waals surface area contributed by atoms with Gasteiger partial charge in [0, 0.05) is 35.8 Å². The molecule has 0 saturated carbocycles. The van der Waals surface area contributed by atoms with Crippen LogP contribution in [0.15, 0.2) is 58.1 Å². The quantitative estimate of drug-likeness (QED) is 0.589. The van der Waals surface area contributed by atoms with E-state index >= 15 is 0 Å². The molecule has 0 spiro atoms. The SMILES string of the molecule is C[C@H](Cc1ccco1)NC(=O)Cn1c2ccccc2c2cnn(C)c(=O)c21. The molecule has 1 N–H and O–H groups in total. The van der Waals surface area contributed by atoms with E-state index in [1.807, 2.05) is 43.3 Å². The molecule has 0 aliphatic heterocycles. The summed E-state index contributed by atoms with van der Waals surface area (Å²) >= 11 is 0. The van der Waals surface area contributed by atoms with Gasteiger partial charge in [-0.15, -0.1) is 0 Å². The number of carbonyl (C=O) groups excluding carboxylic acids is 1. The van der Waals surface area contributed by atoms with Crippen LogP contribution in [0.4, 0.5) is 0 Å². The van der Waals surface area contributed by atoms with Gasteiger partial charge in [-0.25, -0.2) is 4.68 Å². The average Bonchev–Trinajstić information content (AvgIpc) is 3.25. The molecule has 4 rings (SSSR count). The third-order valence-corrected chi connectivity index (χ3v) is 4.66. The molecule has 0 bridgehead atoms. The van der Waals surface area contributed by atoms with Crippen molar-refractivity contribution in [2.45, 2.75) is 25.9 Å². The molecule has 3 heterocycles. The summed E-state index contributed by atoms with van der Waals surface area (Å²) in [6, 6.07) is 11.3. The molecule has 1 aromatic carbocycles. The van der Waals surface area contributed by atoms with E-state index in [1.165, 1.54) is 4.68 Å². The fourth-order valence-electron chi connectivity index (χ4n) is 3.45. The second-order valence-electron chi connectivity index (χ2n) is 6.69. The van der Waals surface area contributed by atoms with E-state index in [0.29, 0.717) is 11.9 Å². The fourth-order valence-corrected chi connectivity index (χ4v) is 3.45. The predicted octanol–water partition coefficient (Wildman–Crippen LogP) is 2.23. The number of nitrogens with zero attached hydrogens (tertiary/aromatic N) is 3. The molecule has 0 unspecified atom stereocenters. The van der Waals surface area contributed by atoms with E-state index in [0.717, 1.165) is 22.0 Å². The molecule has 7 heteroatoms. The first-order chi connectivity index (χ1) is 13.0. The topological polar surface area (TPSA) is 82.1 Å². The number of amides is 1. The van der Waals surface area contributed by atoms with E-state index in [4.69, 9.17) is 4.42 Å². The molecule has 0 radical (unpaired) electrons. The van der Waals surface area contributed by atoms with E-state index in [1.54, 1.807) is 24.1 Å². The van der Waals surface area contributed by atoms with Crippen molar-refractivity contribution in [1.82, 2.24) is 19.7 Å². The Balaban J connectivity index is 1.67. The normalized spacial score (nSPS) is 12.5. The van der Waals surface area contributed by atoms with E-state index in [9.17, 15) is 9.59 Å². The molecule has 0 saturated heterocycles. The maximum atomic E-state index is 12.7. The third kappa shape index (κ3) is 3.12. The summed E-state index contributed by atoms with van der Waals surface area (Å²) in [7, 11) is 1.61. The summed E-state index contributed by atoms with van der Waals surface area (Å²) < 4.78 is 8.38. The highest BCUT2D eigenvalue weighted by atomic mass is 16.3. The Morgan fingerprint density at radius 3 is 2.81 bits per heavy atom. The van der Waals surface area contributed by atoms with Crippen molar-refractivity contribution in [2.24, 2.45) is 7.05 Å². The molecule has 138 valence electrons. The summed E-state index contributed by atoms with van der Waals surface area (Å²) in [5, 5.41) is 8.76. The van der Waals surface area contributed by atoms with Crippen LogP contribution in [0, 0.1) is 0 Å². The zero-order valence-corrected chi connectivity index (χ0v) is 15.2. The van der Waals surface area contributed by atoms with Gasteiger partial charge in [-0.3, -0.25) is 9.59 Å². The zero-order chi connectivity index (χ0) is 19.0. The number of aryl methyl sites for hydroxylation is 1. The van der Waals surface area contributed by atoms with Crippen molar-refractivity contribution in [2.75, 3.05) is 0 Å². The molecule has 4 aromatic rings.